The Morgan fingerprint density at radius 2 is 2.47 bits per heavy atom. The van der Waals surface area contributed by atoms with Crippen LogP contribution in [0.2, 0.25) is 0 Å². The van der Waals surface area contributed by atoms with E-state index < -0.39 is 0 Å². The summed E-state index contributed by atoms with van der Waals surface area (Å²) < 4.78 is 0. The van der Waals surface area contributed by atoms with E-state index in [1.165, 1.54) is 4.88 Å². The minimum Gasteiger partial charge on any atom is -0.368 e. The van der Waals surface area contributed by atoms with Gasteiger partial charge in [0.05, 0.1) is 6.04 Å². The number of likely N-dealkylation sites (tertiary alicyclic amines) is 1. The molecule has 1 fully saturated rings. The fraction of sp³-hybridized carbons (Fsp3) is 0.692. The molecular formula is C13H22N4OS. The van der Waals surface area contributed by atoms with Gasteiger partial charge in [0.25, 0.3) is 0 Å². The van der Waals surface area contributed by atoms with E-state index in [2.05, 4.69) is 22.1 Å². The van der Waals surface area contributed by atoms with Gasteiger partial charge >= 0.3 is 0 Å². The number of rotatable bonds is 6. The number of piperidine rings is 1. The maximum absolute atomic E-state index is 11.5. The molecule has 1 aliphatic heterocycles. The molecule has 2 rings (SSSR count). The molecule has 6 heteroatoms. The summed E-state index contributed by atoms with van der Waals surface area (Å²) >= 11 is 1.66. The average molecular weight is 282 g/mol. The number of thiazole rings is 1. The minimum atomic E-state index is -0.200. The Bertz CT molecular complexity index is 421. The van der Waals surface area contributed by atoms with Crippen LogP contribution in [-0.4, -0.2) is 34.9 Å². The number of nitrogens with zero attached hydrogens (tertiary/aromatic N) is 2. The summed E-state index contributed by atoms with van der Waals surface area (Å²) in [5, 5.41) is 4.25. The van der Waals surface area contributed by atoms with Gasteiger partial charge in [0, 0.05) is 24.2 Å². The van der Waals surface area contributed by atoms with Gasteiger partial charge in [-0.1, -0.05) is 13.3 Å². The fourth-order valence-electron chi connectivity index (χ4n) is 2.40. The molecule has 1 atom stereocenters. The Morgan fingerprint density at radius 3 is 3.21 bits per heavy atom. The Balaban J connectivity index is 1.94. The second-order valence-corrected chi connectivity index (χ2v) is 6.06. The third kappa shape index (κ3) is 3.91. The highest BCUT2D eigenvalue weighted by Crippen LogP contribution is 2.24. The number of anilines is 1. The SMILES string of the molecule is CCCNc1ncc(CN2CCCCC2C(N)=O)s1. The van der Waals surface area contributed by atoms with Crippen molar-refractivity contribution in [3.05, 3.63) is 11.1 Å². The zero-order chi connectivity index (χ0) is 13.7. The quantitative estimate of drug-likeness (QED) is 0.834. The lowest BCUT2D eigenvalue weighted by Crippen LogP contribution is -2.46. The summed E-state index contributed by atoms with van der Waals surface area (Å²) in [5.74, 6) is -0.200. The lowest BCUT2D eigenvalue weighted by Gasteiger charge is -2.32. The van der Waals surface area contributed by atoms with Gasteiger partial charge in [0.1, 0.15) is 0 Å². The number of aromatic nitrogens is 1. The monoisotopic (exact) mass is 282 g/mol. The van der Waals surface area contributed by atoms with Crippen molar-refractivity contribution < 1.29 is 4.79 Å². The van der Waals surface area contributed by atoms with Crippen molar-refractivity contribution in [3.63, 3.8) is 0 Å². The molecule has 19 heavy (non-hydrogen) atoms. The van der Waals surface area contributed by atoms with E-state index in [1.54, 1.807) is 11.3 Å². The summed E-state index contributed by atoms with van der Waals surface area (Å²) in [6.07, 6.45) is 6.11. The summed E-state index contributed by atoms with van der Waals surface area (Å²) in [6.45, 7) is 4.80. The number of carbonyl (C=O) groups excluding carboxylic acids is 1. The van der Waals surface area contributed by atoms with Gasteiger partial charge < -0.3 is 11.1 Å². The molecule has 0 bridgehead atoms. The first kappa shape index (κ1) is 14.3. The lowest BCUT2D eigenvalue weighted by atomic mass is 10.0. The molecular weight excluding hydrogens is 260 g/mol. The van der Waals surface area contributed by atoms with Crippen LogP contribution in [0, 0.1) is 0 Å². The third-order valence-corrected chi connectivity index (χ3v) is 4.32. The Labute approximate surface area is 118 Å². The summed E-state index contributed by atoms with van der Waals surface area (Å²) in [6, 6.07) is -0.108. The van der Waals surface area contributed by atoms with Crippen molar-refractivity contribution in [2.75, 3.05) is 18.4 Å². The van der Waals surface area contributed by atoms with E-state index in [1.807, 2.05) is 6.20 Å². The van der Waals surface area contributed by atoms with Gasteiger partial charge in [-0.05, 0) is 25.8 Å². The Hall–Kier alpha value is -1.14. The average Bonchev–Trinajstić information content (AvgIpc) is 2.84. The van der Waals surface area contributed by atoms with Crippen molar-refractivity contribution >= 4 is 22.4 Å². The zero-order valence-corrected chi connectivity index (χ0v) is 12.2. The lowest BCUT2D eigenvalue weighted by molar-refractivity contribution is -0.124. The highest BCUT2D eigenvalue weighted by Gasteiger charge is 2.27. The van der Waals surface area contributed by atoms with E-state index in [9.17, 15) is 4.79 Å². The molecule has 1 aromatic heterocycles. The summed E-state index contributed by atoms with van der Waals surface area (Å²) in [5.41, 5.74) is 5.48. The summed E-state index contributed by atoms with van der Waals surface area (Å²) in [7, 11) is 0. The maximum Gasteiger partial charge on any atom is 0.234 e. The molecule has 3 N–H and O–H groups in total. The number of nitrogens with two attached hydrogens (primary N) is 1. The number of hydrogen-bond acceptors (Lipinski definition) is 5. The molecule has 2 heterocycles. The molecule has 1 unspecified atom stereocenters. The van der Waals surface area contributed by atoms with Crippen LogP contribution in [0.3, 0.4) is 0 Å². The first-order chi connectivity index (χ1) is 9.20. The van der Waals surface area contributed by atoms with Crippen LogP contribution in [0.25, 0.3) is 0 Å². The normalized spacial score (nSPS) is 20.4. The molecule has 1 aromatic rings. The number of carbonyl (C=O) groups is 1. The fourth-order valence-corrected chi connectivity index (χ4v) is 3.26. The van der Waals surface area contributed by atoms with E-state index >= 15 is 0 Å². The standard InChI is InChI=1S/C13H22N4OS/c1-2-6-15-13-16-8-10(19-13)9-17-7-4-3-5-11(17)12(14)18/h8,11H,2-7,9H2,1H3,(H2,14,18)(H,15,16). The van der Waals surface area contributed by atoms with Gasteiger partial charge in [-0.25, -0.2) is 4.98 Å². The van der Waals surface area contributed by atoms with Gasteiger partial charge in [0.15, 0.2) is 5.13 Å². The highest BCUT2D eigenvalue weighted by molar-refractivity contribution is 7.15. The Morgan fingerprint density at radius 1 is 1.63 bits per heavy atom. The first-order valence-electron chi connectivity index (χ1n) is 6.92. The molecule has 0 spiro atoms. The Kier molecular flexibility index (Phi) is 5.15. The van der Waals surface area contributed by atoms with Crippen molar-refractivity contribution in [1.82, 2.24) is 9.88 Å². The molecule has 0 aliphatic carbocycles. The number of amides is 1. The minimum absolute atomic E-state index is 0.108. The molecule has 0 aromatic carbocycles. The van der Waals surface area contributed by atoms with Crippen LogP contribution in [-0.2, 0) is 11.3 Å². The van der Waals surface area contributed by atoms with Gasteiger partial charge in [-0.15, -0.1) is 11.3 Å². The molecule has 106 valence electrons. The van der Waals surface area contributed by atoms with Crippen molar-refractivity contribution in [3.8, 4) is 0 Å². The van der Waals surface area contributed by atoms with Gasteiger partial charge in [-0.2, -0.15) is 0 Å². The maximum atomic E-state index is 11.5. The predicted molar refractivity (Wildman–Crippen MR) is 78.1 cm³/mol. The van der Waals surface area contributed by atoms with Crippen LogP contribution in [0.1, 0.15) is 37.5 Å². The van der Waals surface area contributed by atoms with E-state index in [0.29, 0.717) is 0 Å². The number of hydrogen-bond donors (Lipinski definition) is 2. The van der Waals surface area contributed by atoms with Crippen LogP contribution in [0.5, 0.6) is 0 Å². The largest absolute Gasteiger partial charge is 0.368 e. The third-order valence-electron chi connectivity index (χ3n) is 3.38. The molecule has 0 radical (unpaired) electrons. The van der Waals surface area contributed by atoms with Crippen LogP contribution in [0.15, 0.2) is 6.20 Å². The molecule has 0 saturated carbocycles. The van der Waals surface area contributed by atoms with Crippen molar-refractivity contribution in [1.29, 1.82) is 0 Å². The van der Waals surface area contributed by atoms with Crippen LogP contribution >= 0.6 is 11.3 Å². The number of primary amides is 1. The van der Waals surface area contributed by atoms with Gasteiger partial charge in [0.2, 0.25) is 5.91 Å². The van der Waals surface area contributed by atoms with Crippen molar-refractivity contribution in [2.24, 2.45) is 5.73 Å². The molecule has 5 nitrogen and oxygen atoms in total. The molecule has 1 amide bonds. The topological polar surface area (TPSA) is 71.2 Å². The summed E-state index contributed by atoms with van der Waals surface area (Å²) in [4.78, 5) is 19.2. The predicted octanol–water partition coefficient (Wildman–Crippen LogP) is 1.80. The molecule has 1 saturated heterocycles. The van der Waals surface area contributed by atoms with E-state index in [4.69, 9.17) is 5.73 Å². The second-order valence-electron chi connectivity index (χ2n) is 4.94. The van der Waals surface area contributed by atoms with Gasteiger partial charge in [-0.3, -0.25) is 9.69 Å². The van der Waals surface area contributed by atoms with Crippen LogP contribution in [0.4, 0.5) is 5.13 Å². The zero-order valence-electron chi connectivity index (χ0n) is 11.4. The van der Waals surface area contributed by atoms with E-state index in [0.717, 1.165) is 50.4 Å². The van der Waals surface area contributed by atoms with Crippen LogP contribution < -0.4 is 11.1 Å². The second kappa shape index (κ2) is 6.86. The molecule has 1 aliphatic rings. The van der Waals surface area contributed by atoms with Crippen molar-refractivity contribution in [2.45, 2.75) is 45.2 Å². The highest BCUT2D eigenvalue weighted by atomic mass is 32.1. The first-order valence-corrected chi connectivity index (χ1v) is 7.74. The number of nitrogens with one attached hydrogen (secondary N) is 1. The van der Waals surface area contributed by atoms with E-state index in [-0.39, 0.29) is 11.9 Å². The smallest absolute Gasteiger partial charge is 0.234 e.